The van der Waals surface area contributed by atoms with E-state index in [1.807, 2.05) is 6.92 Å². The number of anilines is 1. The molecule has 1 atom stereocenters. The number of hydrogen-bond donors (Lipinski definition) is 1. The fourth-order valence-electron chi connectivity index (χ4n) is 3.40. The van der Waals surface area contributed by atoms with Crippen molar-refractivity contribution in [2.75, 3.05) is 25.5 Å². The van der Waals surface area contributed by atoms with Crippen LogP contribution >= 0.6 is 12.2 Å². The van der Waals surface area contributed by atoms with E-state index in [9.17, 15) is 14.0 Å². The van der Waals surface area contributed by atoms with Gasteiger partial charge >= 0.3 is 0 Å². The summed E-state index contributed by atoms with van der Waals surface area (Å²) in [5, 5.41) is 3.24. The predicted molar refractivity (Wildman–Crippen MR) is 117 cm³/mol. The van der Waals surface area contributed by atoms with Crippen molar-refractivity contribution in [1.29, 1.82) is 0 Å². The van der Waals surface area contributed by atoms with Crippen LogP contribution in [0.2, 0.25) is 0 Å². The molecule has 0 radical (unpaired) electrons. The number of carbonyl (C=O) groups excluding carboxylic acids is 2. The third-order valence-corrected chi connectivity index (χ3v) is 5.48. The molecule has 30 heavy (non-hydrogen) atoms. The molecule has 1 fully saturated rings. The molecular formula is C22H24FN3O3S. The van der Waals surface area contributed by atoms with Gasteiger partial charge < -0.3 is 15.0 Å². The Kier molecular flexibility index (Phi) is 6.99. The summed E-state index contributed by atoms with van der Waals surface area (Å²) >= 11 is 5.49. The largest absolute Gasteiger partial charge is 0.497 e. The first kappa shape index (κ1) is 21.7. The van der Waals surface area contributed by atoms with Gasteiger partial charge in [0.2, 0.25) is 5.91 Å². The summed E-state index contributed by atoms with van der Waals surface area (Å²) in [5.41, 5.74) is 1.56. The van der Waals surface area contributed by atoms with Crippen LogP contribution in [0.15, 0.2) is 48.5 Å². The van der Waals surface area contributed by atoms with E-state index < -0.39 is 6.04 Å². The first-order valence-electron chi connectivity index (χ1n) is 9.73. The molecule has 8 heteroatoms. The molecule has 1 N–H and O–H groups in total. The second-order valence-corrected chi connectivity index (χ2v) is 7.30. The van der Waals surface area contributed by atoms with E-state index in [0.29, 0.717) is 36.1 Å². The van der Waals surface area contributed by atoms with E-state index >= 15 is 0 Å². The van der Waals surface area contributed by atoms with Crippen LogP contribution in [0.1, 0.15) is 18.9 Å². The van der Waals surface area contributed by atoms with Gasteiger partial charge in [-0.1, -0.05) is 12.1 Å². The number of halogens is 1. The van der Waals surface area contributed by atoms with Gasteiger partial charge in [-0.05, 0) is 67.5 Å². The topological polar surface area (TPSA) is 61.9 Å². The highest BCUT2D eigenvalue weighted by Crippen LogP contribution is 2.22. The zero-order valence-corrected chi connectivity index (χ0v) is 17.7. The van der Waals surface area contributed by atoms with Crippen molar-refractivity contribution in [3.63, 3.8) is 0 Å². The van der Waals surface area contributed by atoms with Gasteiger partial charge in [-0.2, -0.15) is 0 Å². The second kappa shape index (κ2) is 9.67. The molecule has 0 unspecified atom stereocenters. The van der Waals surface area contributed by atoms with Crippen LogP contribution in [0.3, 0.4) is 0 Å². The quantitative estimate of drug-likeness (QED) is 0.653. The van der Waals surface area contributed by atoms with Crippen molar-refractivity contribution in [1.82, 2.24) is 9.80 Å². The van der Waals surface area contributed by atoms with Gasteiger partial charge in [0.15, 0.2) is 5.11 Å². The first-order chi connectivity index (χ1) is 14.4. The Morgan fingerprint density at radius 3 is 2.43 bits per heavy atom. The number of nitrogens with zero attached hydrogens (tertiary/aromatic N) is 2. The molecule has 0 bridgehead atoms. The van der Waals surface area contributed by atoms with Crippen molar-refractivity contribution in [2.24, 2.45) is 0 Å². The van der Waals surface area contributed by atoms with E-state index in [0.717, 1.165) is 5.56 Å². The smallest absolute Gasteiger partial charge is 0.252 e. The number of thiocarbonyl (C=S) groups is 1. The SMILES string of the molecule is CCN1C(=O)[C@H](CC(=O)Nc2ccc(OC)cc2)N(CCc2ccc(F)cc2)C1=S. The number of methoxy groups -OCH3 is 1. The third-order valence-electron chi connectivity index (χ3n) is 5.03. The van der Waals surface area contributed by atoms with Gasteiger partial charge in [0, 0.05) is 18.8 Å². The van der Waals surface area contributed by atoms with Gasteiger partial charge in [0.25, 0.3) is 5.91 Å². The lowest BCUT2D eigenvalue weighted by Crippen LogP contribution is -2.39. The minimum Gasteiger partial charge on any atom is -0.497 e. The summed E-state index contributed by atoms with van der Waals surface area (Å²) in [6.45, 7) is 2.76. The number of carbonyl (C=O) groups is 2. The number of rotatable bonds is 8. The van der Waals surface area contributed by atoms with E-state index in [1.54, 1.807) is 48.4 Å². The summed E-state index contributed by atoms with van der Waals surface area (Å²) in [4.78, 5) is 28.7. The lowest BCUT2D eigenvalue weighted by atomic mass is 10.1. The number of nitrogens with one attached hydrogen (secondary N) is 1. The lowest BCUT2D eigenvalue weighted by molar-refractivity contribution is -0.130. The first-order valence-corrected chi connectivity index (χ1v) is 10.1. The maximum Gasteiger partial charge on any atom is 0.252 e. The molecule has 0 saturated carbocycles. The molecule has 1 aliphatic rings. The average molecular weight is 430 g/mol. The fraction of sp³-hybridized carbons (Fsp3) is 0.318. The molecule has 6 nitrogen and oxygen atoms in total. The van der Waals surface area contributed by atoms with Gasteiger partial charge in [-0.3, -0.25) is 14.5 Å². The maximum absolute atomic E-state index is 13.1. The van der Waals surface area contributed by atoms with Crippen LogP contribution in [0.25, 0.3) is 0 Å². The van der Waals surface area contributed by atoms with E-state index in [2.05, 4.69) is 5.32 Å². The zero-order valence-electron chi connectivity index (χ0n) is 16.9. The normalized spacial score (nSPS) is 16.2. The van der Waals surface area contributed by atoms with Crippen LogP contribution in [0, 0.1) is 5.82 Å². The van der Waals surface area contributed by atoms with E-state index in [4.69, 9.17) is 17.0 Å². The molecule has 2 aromatic rings. The average Bonchev–Trinajstić information content (AvgIpc) is 2.96. The minimum absolute atomic E-state index is 0.00901. The van der Waals surface area contributed by atoms with Gasteiger partial charge in [-0.25, -0.2) is 4.39 Å². The molecule has 1 heterocycles. The number of amides is 2. The minimum atomic E-state index is -0.656. The highest BCUT2D eigenvalue weighted by atomic mass is 32.1. The van der Waals surface area contributed by atoms with Crippen molar-refractivity contribution >= 4 is 34.8 Å². The summed E-state index contributed by atoms with van der Waals surface area (Å²) in [7, 11) is 1.57. The Bertz CT molecular complexity index is 918. The standard InChI is InChI=1S/C22H24FN3O3S/c1-3-25-21(28)19(14-20(27)24-17-8-10-18(29-2)11-9-17)26(22(25)30)13-12-15-4-6-16(23)7-5-15/h4-11,19H,3,12-14H2,1-2H3,(H,24,27)/t19-/m0/s1. The molecule has 2 amide bonds. The van der Waals surface area contributed by atoms with Crippen LogP contribution < -0.4 is 10.1 Å². The number of ether oxygens (including phenoxy) is 1. The van der Waals surface area contributed by atoms with Crippen LogP contribution in [0.4, 0.5) is 10.1 Å². The number of benzene rings is 2. The van der Waals surface area contributed by atoms with Crippen molar-refractivity contribution in [3.8, 4) is 5.75 Å². The predicted octanol–water partition coefficient (Wildman–Crippen LogP) is 3.22. The number of likely N-dealkylation sites (N-methyl/N-ethyl adjacent to an activating group) is 1. The molecule has 0 aliphatic carbocycles. The van der Waals surface area contributed by atoms with Crippen LogP contribution in [-0.4, -0.2) is 53.0 Å². The number of hydrogen-bond acceptors (Lipinski definition) is 4. The molecule has 158 valence electrons. The van der Waals surface area contributed by atoms with Crippen LogP contribution in [-0.2, 0) is 16.0 Å². The Balaban J connectivity index is 1.68. The molecule has 1 saturated heterocycles. The summed E-state index contributed by atoms with van der Waals surface area (Å²) in [6.07, 6.45) is 0.576. The molecule has 0 aromatic heterocycles. The molecule has 3 rings (SSSR count). The Morgan fingerprint density at radius 2 is 1.83 bits per heavy atom. The maximum atomic E-state index is 13.1. The van der Waals surface area contributed by atoms with Crippen molar-refractivity contribution in [3.05, 3.63) is 59.9 Å². The highest BCUT2D eigenvalue weighted by molar-refractivity contribution is 7.80. The van der Waals surface area contributed by atoms with Crippen molar-refractivity contribution in [2.45, 2.75) is 25.8 Å². The van der Waals surface area contributed by atoms with Gasteiger partial charge in [0.05, 0.1) is 13.5 Å². The van der Waals surface area contributed by atoms with Gasteiger partial charge in [0.1, 0.15) is 17.6 Å². The third kappa shape index (κ3) is 4.94. The summed E-state index contributed by atoms with van der Waals surface area (Å²) < 4.78 is 18.2. The van der Waals surface area contributed by atoms with Gasteiger partial charge in [-0.15, -0.1) is 0 Å². The highest BCUT2D eigenvalue weighted by Gasteiger charge is 2.42. The lowest BCUT2D eigenvalue weighted by Gasteiger charge is -2.23. The Morgan fingerprint density at radius 1 is 1.17 bits per heavy atom. The Labute approximate surface area is 180 Å². The molecular weight excluding hydrogens is 405 g/mol. The fourth-order valence-corrected chi connectivity index (χ4v) is 3.84. The molecule has 0 spiro atoms. The van der Waals surface area contributed by atoms with E-state index in [-0.39, 0.29) is 24.1 Å². The summed E-state index contributed by atoms with van der Waals surface area (Å²) in [5.74, 6) is -0.0525. The van der Waals surface area contributed by atoms with Crippen LogP contribution in [0.5, 0.6) is 5.75 Å². The second-order valence-electron chi connectivity index (χ2n) is 6.93. The summed E-state index contributed by atoms with van der Waals surface area (Å²) in [6, 6.07) is 12.5. The zero-order chi connectivity index (χ0) is 21.7. The Hall–Kier alpha value is -3.00. The van der Waals surface area contributed by atoms with E-state index in [1.165, 1.54) is 17.0 Å². The molecule has 1 aliphatic heterocycles. The van der Waals surface area contributed by atoms with Crippen molar-refractivity contribution < 1.29 is 18.7 Å². The molecule has 2 aromatic carbocycles. The monoisotopic (exact) mass is 429 g/mol.